The van der Waals surface area contributed by atoms with Crippen LogP contribution in [0.25, 0.3) is 22.4 Å². The van der Waals surface area contributed by atoms with Crippen molar-refractivity contribution in [3.63, 3.8) is 0 Å². The smallest absolute Gasteiger partial charge is 0.408 e. The van der Waals surface area contributed by atoms with E-state index in [0.717, 1.165) is 35.1 Å². The first-order valence-electron chi connectivity index (χ1n) is 17.6. The molecule has 0 bridgehead atoms. The minimum Gasteiger partial charge on any atom is -0.497 e. The number of benzene rings is 3. The zero-order chi connectivity index (χ0) is 38.3. The van der Waals surface area contributed by atoms with E-state index in [1.165, 1.54) is 0 Å². The quantitative estimate of drug-likeness (QED) is 0.175. The summed E-state index contributed by atoms with van der Waals surface area (Å²) < 4.78 is 18.2. The number of aryl methyl sites for hydroxylation is 2. The highest BCUT2D eigenvalue weighted by molar-refractivity contribution is 5.99. The van der Waals surface area contributed by atoms with Gasteiger partial charge in [0.2, 0.25) is 11.8 Å². The topological polar surface area (TPSA) is 167 Å². The summed E-state index contributed by atoms with van der Waals surface area (Å²) in [6.45, 7) is 7.33. The highest BCUT2D eigenvalue weighted by Gasteiger charge is 2.37. The molecule has 1 fully saturated rings. The van der Waals surface area contributed by atoms with Crippen LogP contribution < -0.4 is 25.8 Å². The van der Waals surface area contributed by atoms with Crippen molar-refractivity contribution in [2.24, 2.45) is 12.8 Å². The fraction of sp³-hybridized carbons (Fsp3) is 0.375. The Morgan fingerprint density at radius 1 is 0.981 bits per heavy atom. The van der Waals surface area contributed by atoms with Crippen LogP contribution in [0, 0.1) is 6.92 Å². The lowest BCUT2D eigenvalue weighted by atomic mass is 9.97. The molecule has 1 aliphatic rings. The van der Waals surface area contributed by atoms with E-state index >= 15 is 0 Å². The molecule has 280 valence electrons. The molecule has 0 aliphatic carbocycles. The monoisotopic (exact) mass is 724 g/mol. The Labute approximate surface area is 309 Å². The van der Waals surface area contributed by atoms with Gasteiger partial charge in [-0.05, 0) is 94.5 Å². The first-order chi connectivity index (χ1) is 25.2. The number of nitrogens with zero attached hydrogens (tertiary/aromatic N) is 3. The average molecular weight is 725 g/mol. The van der Waals surface area contributed by atoms with E-state index < -0.39 is 29.7 Å². The van der Waals surface area contributed by atoms with Crippen LogP contribution in [0.1, 0.15) is 51.2 Å². The molecule has 4 aromatic rings. The molecule has 1 unspecified atom stereocenters. The number of carbonyl (C=O) groups is 4. The number of piperidine rings is 1. The Morgan fingerprint density at radius 3 is 2.36 bits per heavy atom. The van der Waals surface area contributed by atoms with Gasteiger partial charge in [0.05, 0.1) is 7.11 Å². The van der Waals surface area contributed by atoms with Crippen LogP contribution in [-0.4, -0.2) is 76.4 Å². The predicted octanol–water partition coefficient (Wildman–Crippen LogP) is 5.39. The number of alkyl carbamates (subject to hydrolysis) is 1. The highest BCUT2D eigenvalue weighted by atomic mass is 16.6. The third kappa shape index (κ3) is 10.1. The number of anilines is 1. The second-order valence-corrected chi connectivity index (χ2v) is 14.2. The van der Waals surface area contributed by atoms with Gasteiger partial charge in [-0.15, -0.1) is 0 Å². The SMILES string of the molecule is COc1ccc(C[C@H](NC(=O)OC(C)(C)C)C(=O)N2CCCCC2C(=O)Nc2ccc(-c3cn(C)nc3-c3cc(C)ccc3OCC(N)=O)cc2)cc1. The van der Waals surface area contributed by atoms with E-state index in [4.69, 9.17) is 25.0 Å². The molecule has 0 spiro atoms. The molecule has 1 aromatic heterocycles. The number of carbonyl (C=O) groups excluding carboxylic acids is 4. The van der Waals surface area contributed by atoms with E-state index in [1.807, 2.05) is 56.6 Å². The summed E-state index contributed by atoms with van der Waals surface area (Å²) >= 11 is 0. The number of rotatable bonds is 12. The summed E-state index contributed by atoms with van der Waals surface area (Å²) in [6, 6.07) is 18.6. The Hall–Kier alpha value is -5.85. The van der Waals surface area contributed by atoms with Gasteiger partial charge in [-0.2, -0.15) is 5.10 Å². The standard InChI is InChI=1S/C40H48N6O7/c1-25-10-19-34(52-24-35(41)47)30(21-25)36-31(23-45(5)44-36)27-13-15-28(16-14-27)42-37(48)33-9-7-8-20-46(33)38(49)32(43-39(50)53-40(2,3)4)22-26-11-17-29(51-6)18-12-26/h10-19,21,23,32-33H,7-9,20,22,24H2,1-6H3,(H2,41,47)(H,42,48)(H,43,50)/t32-,33?/m0/s1. The Bertz CT molecular complexity index is 1930. The zero-order valence-corrected chi connectivity index (χ0v) is 31.1. The number of methoxy groups -OCH3 is 1. The van der Waals surface area contributed by atoms with Crippen molar-refractivity contribution >= 4 is 29.5 Å². The van der Waals surface area contributed by atoms with Crippen molar-refractivity contribution < 1.29 is 33.4 Å². The second kappa shape index (κ2) is 16.7. The maximum Gasteiger partial charge on any atom is 0.408 e. The number of nitrogens with two attached hydrogens (primary N) is 1. The average Bonchev–Trinajstić information content (AvgIpc) is 3.51. The van der Waals surface area contributed by atoms with Crippen LogP contribution in [-0.2, 0) is 32.6 Å². The molecule has 3 aromatic carbocycles. The second-order valence-electron chi connectivity index (χ2n) is 14.2. The summed E-state index contributed by atoms with van der Waals surface area (Å²) in [5, 5.41) is 10.5. The number of nitrogens with one attached hydrogen (secondary N) is 2. The molecule has 13 heteroatoms. The molecule has 0 radical (unpaired) electrons. The van der Waals surface area contributed by atoms with Gasteiger partial charge in [-0.1, -0.05) is 35.9 Å². The number of amides is 4. The molecule has 2 heterocycles. The molecule has 1 aliphatic heterocycles. The van der Waals surface area contributed by atoms with Crippen LogP contribution >= 0.6 is 0 Å². The van der Waals surface area contributed by atoms with Gasteiger partial charge < -0.3 is 35.5 Å². The van der Waals surface area contributed by atoms with Crippen molar-refractivity contribution in [3.8, 4) is 33.9 Å². The minimum atomic E-state index is -0.963. The molecule has 4 amide bonds. The first kappa shape index (κ1) is 38.4. The van der Waals surface area contributed by atoms with Gasteiger partial charge in [0.1, 0.15) is 34.9 Å². The predicted molar refractivity (Wildman–Crippen MR) is 201 cm³/mol. The van der Waals surface area contributed by atoms with Gasteiger partial charge in [-0.25, -0.2) is 4.79 Å². The lowest BCUT2D eigenvalue weighted by Gasteiger charge is -2.37. The summed E-state index contributed by atoms with van der Waals surface area (Å²) in [6.07, 6.45) is 3.37. The van der Waals surface area contributed by atoms with E-state index in [1.54, 1.807) is 67.8 Å². The molecular formula is C40H48N6O7. The van der Waals surface area contributed by atoms with Crippen molar-refractivity contribution in [1.29, 1.82) is 0 Å². The van der Waals surface area contributed by atoms with Crippen LogP contribution in [0.3, 0.4) is 0 Å². The van der Waals surface area contributed by atoms with Gasteiger partial charge >= 0.3 is 6.09 Å². The minimum absolute atomic E-state index is 0.200. The summed E-state index contributed by atoms with van der Waals surface area (Å²) in [7, 11) is 3.40. The molecular weight excluding hydrogens is 676 g/mol. The third-order valence-corrected chi connectivity index (χ3v) is 8.73. The molecule has 53 heavy (non-hydrogen) atoms. The first-order valence-corrected chi connectivity index (χ1v) is 17.6. The summed E-state index contributed by atoms with van der Waals surface area (Å²) in [5.41, 5.74) is 9.98. The number of hydrogen-bond donors (Lipinski definition) is 3. The van der Waals surface area contributed by atoms with Gasteiger partial charge in [0.15, 0.2) is 6.61 Å². The molecule has 4 N–H and O–H groups in total. The molecule has 0 saturated carbocycles. The number of likely N-dealkylation sites (tertiary alicyclic amines) is 1. The third-order valence-electron chi connectivity index (χ3n) is 8.73. The Balaban J connectivity index is 1.34. The van der Waals surface area contributed by atoms with E-state index in [9.17, 15) is 19.2 Å². The van der Waals surface area contributed by atoms with Crippen molar-refractivity contribution in [1.82, 2.24) is 20.0 Å². The number of aromatic nitrogens is 2. The largest absolute Gasteiger partial charge is 0.497 e. The molecule has 2 atom stereocenters. The van der Waals surface area contributed by atoms with Crippen molar-refractivity contribution in [2.45, 2.75) is 71.1 Å². The van der Waals surface area contributed by atoms with Gasteiger partial charge in [-0.3, -0.25) is 19.1 Å². The maximum absolute atomic E-state index is 14.2. The van der Waals surface area contributed by atoms with Crippen molar-refractivity contribution in [2.75, 3.05) is 25.6 Å². The zero-order valence-electron chi connectivity index (χ0n) is 31.1. The molecule has 5 rings (SSSR count). The van der Waals surface area contributed by atoms with Crippen molar-refractivity contribution in [3.05, 3.63) is 84.1 Å². The van der Waals surface area contributed by atoms with E-state index in [2.05, 4.69) is 10.6 Å². The lowest BCUT2D eigenvalue weighted by Crippen LogP contribution is -2.57. The van der Waals surface area contributed by atoms with E-state index in [-0.39, 0.29) is 24.8 Å². The van der Waals surface area contributed by atoms with Gasteiger partial charge in [0, 0.05) is 43.0 Å². The lowest BCUT2D eigenvalue weighted by molar-refractivity contribution is -0.142. The number of ether oxygens (including phenoxy) is 3. The maximum atomic E-state index is 14.2. The number of primary amides is 1. The van der Waals surface area contributed by atoms with Crippen LogP contribution in [0.15, 0.2) is 72.9 Å². The molecule has 1 saturated heterocycles. The van der Waals surface area contributed by atoms with Crippen LogP contribution in [0.4, 0.5) is 10.5 Å². The summed E-state index contributed by atoms with van der Waals surface area (Å²) in [4.78, 5) is 53.9. The van der Waals surface area contributed by atoms with E-state index in [0.29, 0.717) is 41.4 Å². The van der Waals surface area contributed by atoms with Crippen LogP contribution in [0.5, 0.6) is 11.5 Å². The Kier molecular flexibility index (Phi) is 12.1. The normalized spacial score (nSPS) is 14.9. The summed E-state index contributed by atoms with van der Waals surface area (Å²) in [5.74, 6) is -0.101. The highest BCUT2D eigenvalue weighted by Crippen LogP contribution is 2.37. The fourth-order valence-corrected chi connectivity index (χ4v) is 6.28. The Morgan fingerprint density at radius 2 is 1.70 bits per heavy atom. The number of hydrogen-bond acceptors (Lipinski definition) is 8. The molecule has 13 nitrogen and oxygen atoms in total. The fourth-order valence-electron chi connectivity index (χ4n) is 6.28. The van der Waals surface area contributed by atoms with Crippen LogP contribution in [0.2, 0.25) is 0 Å². The van der Waals surface area contributed by atoms with Gasteiger partial charge in [0.25, 0.3) is 5.91 Å².